The molecule has 1 saturated heterocycles. The molecule has 0 amide bonds. The summed E-state index contributed by atoms with van der Waals surface area (Å²) < 4.78 is 0. The largest absolute Gasteiger partial charge is 0.321 e. The van der Waals surface area contributed by atoms with E-state index in [9.17, 15) is 0 Å². The lowest BCUT2D eigenvalue weighted by atomic mass is 9.77. The normalized spacial score (nSPS) is 23.1. The van der Waals surface area contributed by atoms with Gasteiger partial charge in [0.15, 0.2) is 0 Å². The molecule has 0 aromatic heterocycles. The molecule has 1 aliphatic heterocycles. The van der Waals surface area contributed by atoms with E-state index in [2.05, 4.69) is 23.1 Å². The number of nitrogens with two attached hydrogens (primary N) is 1. The maximum Gasteiger partial charge on any atom is 0.0454 e. The minimum Gasteiger partial charge on any atom is -0.321 e. The Labute approximate surface area is 133 Å². The zero-order valence-corrected chi connectivity index (χ0v) is 13.7. The van der Waals surface area contributed by atoms with Gasteiger partial charge in [-0.05, 0) is 56.0 Å². The van der Waals surface area contributed by atoms with Crippen LogP contribution in [0.15, 0.2) is 18.2 Å². The van der Waals surface area contributed by atoms with Gasteiger partial charge in [0.1, 0.15) is 0 Å². The number of nitrogens with zero attached hydrogens (tertiary/aromatic N) is 1. The maximum absolute atomic E-state index is 6.61. The third-order valence-corrected chi connectivity index (χ3v) is 5.57. The molecule has 21 heavy (non-hydrogen) atoms. The van der Waals surface area contributed by atoms with E-state index >= 15 is 0 Å². The third-order valence-electron chi connectivity index (χ3n) is 5.22. The molecule has 1 saturated carbocycles. The zero-order chi connectivity index (χ0) is 14.7. The highest BCUT2D eigenvalue weighted by Gasteiger charge is 2.29. The summed E-state index contributed by atoms with van der Waals surface area (Å²) in [5, 5.41) is 0.897. The summed E-state index contributed by atoms with van der Waals surface area (Å²) in [6.07, 6.45) is 10.00. The molecule has 2 N–H and O–H groups in total. The van der Waals surface area contributed by atoms with Crippen LogP contribution in [0.3, 0.4) is 0 Å². The Morgan fingerprint density at radius 1 is 1.00 bits per heavy atom. The van der Waals surface area contributed by atoms with Crippen molar-refractivity contribution in [2.24, 2.45) is 5.73 Å². The molecule has 0 radical (unpaired) electrons. The van der Waals surface area contributed by atoms with Crippen LogP contribution in [0, 0.1) is 0 Å². The summed E-state index contributed by atoms with van der Waals surface area (Å²) in [6, 6.07) is 6.55. The van der Waals surface area contributed by atoms with E-state index < -0.39 is 0 Å². The van der Waals surface area contributed by atoms with Gasteiger partial charge in [0, 0.05) is 17.1 Å². The first-order chi connectivity index (χ1) is 10.2. The smallest absolute Gasteiger partial charge is 0.0454 e. The lowest BCUT2D eigenvalue weighted by Gasteiger charge is -2.34. The summed E-state index contributed by atoms with van der Waals surface area (Å²) in [5.74, 6) is 0. The van der Waals surface area contributed by atoms with E-state index in [-0.39, 0.29) is 5.54 Å². The minimum absolute atomic E-state index is 0.147. The molecule has 1 aromatic rings. The van der Waals surface area contributed by atoms with Gasteiger partial charge in [-0.2, -0.15) is 0 Å². The van der Waals surface area contributed by atoms with Crippen LogP contribution in [0.25, 0.3) is 0 Å². The minimum atomic E-state index is -0.147. The number of rotatable bonds is 3. The molecule has 0 atom stereocenters. The molecule has 2 aliphatic rings. The first kappa shape index (κ1) is 15.3. The van der Waals surface area contributed by atoms with Gasteiger partial charge in [0.2, 0.25) is 0 Å². The van der Waals surface area contributed by atoms with Crippen LogP contribution in [0.1, 0.15) is 62.5 Å². The van der Waals surface area contributed by atoms with E-state index in [1.807, 2.05) is 0 Å². The van der Waals surface area contributed by atoms with Crippen molar-refractivity contribution in [3.8, 4) is 0 Å². The Kier molecular flexibility index (Phi) is 4.88. The predicted octanol–water partition coefficient (Wildman–Crippen LogP) is 4.44. The van der Waals surface area contributed by atoms with Gasteiger partial charge in [-0.15, -0.1) is 0 Å². The molecule has 0 spiro atoms. The van der Waals surface area contributed by atoms with Crippen molar-refractivity contribution in [1.82, 2.24) is 4.90 Å². The van der Waals surface area contributed by atoms with Gasteiger partial charge >= 0.3 is 0 Å². The number of piperidine rings is 1. The van der Waals surface area contributed by atoms with E-state index in [4.69, 9.17) is 17.3 Å². The van der Waals surface area contributed by atoms with Crippen molar-refractivity contribution in [2.45, 2.75) is 63.5 Å². The van der Waals surface area contributed by atoms with Gasteiger partial charge in [0.05, 0.1) is 0 Å². The molecule has 0 unspecified atom stereocenters. The lowest BCUT2D eigenvalue weighted by molar-refractivity contribution is 0.221. The SMILES string of the molecule is NC1(c2ccc(CN3CCCCC3)c(Cl)c2)CCCCC1. The van der Waals surface area contributed by atoms with Gasteiger partial charge in [-0.25, -0.2) is 0 Å². The van der Waals surface area contributed by atoms with Crippen LogP contribution >= 0.6 is 11.6 Å². The summed E-state index contributed by atoms with van der Waals surface area (Å²) >= 11 is 6.55. The summed E-state index contributed by atoms with van der Waals surface area (Å²) in [4.78, 5) is 2.52. The van der Waals surface area contributed by atoms with Crippen LogP contribution in [-0.2, 0) is 12.1 Å². The molecule has 2 nitrogen and oxygen atoms in total. The molecule has 3 rings (SSSR count). The highest BCUT2D eigenvalue weighted by Crippen LogP contribution is 2.36. The molecular weight excluding hydrogens is 280 g/mol. The van der Waals surface area contributed by atoms with Gasteiger partial charge < -0.3 is 5.73 Å². The molecule has 3 heteroatoms. The Morgan fingerprint density at radius 2 is 1.67 bits per heavy atom. The van der Waals surface area contributed by atoms with Crippen LogP contribution in [0.5, 0.6) is 0 Å². The van der Waals surface area contributed by atoms with Crippen LogP contribution in [-0.4, -0.2) is 18.0 Å². The fourth-order valence-electron chi connectivity index (χ4n) is 3.82. The second-order valence-electron chi connectivity index (χ2n) is 6.86. The molecule has 1 heterocycles. The second kappa shape index (κ2) is 6.68. The van der Waals surface area contributed by atoms with Crippen LogP contribution in [0.2, 0.25) is 5.02 Å². The molecule has 0 bridgehead atoms. The topological polar surface area (TPSA) is 29.3 Å². The Bertz CT molecular complexity index is 474. The first-order valence-electron chi connectivity index (χ1n) is 8.48. The molecule has 1 aliphatic carbocycles. The van der Waals surface area contributed by atoms with Gasteiger partial charge in [0.25, 0.3) is 0 Å². The fraction of sp³-hybridized carbons (Fsp3) is 0.667. The van der Waals surface area contributed by atoms with Gasteiger partial charge in [-0.3, -0.25) is 4.90 Å². The van der Waals surface area contributed by atoms with Crippen molar-refractivity contribution < 1.29 is 0 Å². The molecule has 1 aromatic carbocycles. The Balaban J connectivity index is 1.72. The summed E-state index contributed by atoms with van der Waals surface area (Å²) in [5.41, 5.74) is 8.95. The number of hydrogen-bond acceptors (Lipinski definition) is 2. The first-order valence-corrected chi connectivity index (χ1v) is 8.85. The third kappa shape index (κ3) is 3.61. The van der Waals surface area contributed by atoms with Crippen molar-refractivity contribution in [2.75, 3.05) is 13.1 Å². The van der Waals surface area contributed by atoms with Crippen molar-refractivity contribution >= 4 is 11.6 Å². The fourth-order valence-corrected chi connectivity index (χ4v) is 4.06. The zero-order valence-electron chi connectivity index (χ0n) is 12.9. The number of halogens is 1. The van der Waals surface area contributed by atoms with Crippen molar-refractivity contribution in [3.63, 3.8) is 0 Å². The molecule has 2 fully saturated rings. The highest BCUT2D eigenvalue weighted by atomic mass is 35.5. The summed E-state index contributed by atoms with van der Waals surface area (Å²) in [6.45, 7) is 3.40. The van der Waals surface area contributed by atoms with Crippen molar-refractivity contribution in [3.05, 3.63) is 34.3 Å². The average molecular weight is 307 g/mol. The standard InChI is InChI=1S/C18H27ClN2/c19-17-13-16(18(20)9-3-1-4-10-18)8-7-15(17)14-21-11-5-2-6-12-21/h7-8,13H,1-6,9-12,14,20H2. The number of benzene rings is 1. The Hall–Kier alpha value is -0.570. The van der Waals surface area contributed by atoms with E-state index in [0.717, 1.165) is 24.4 Å². The van der Waals surface area contributed by atoms with Crippen LogP contribution < -0.4 is 5.73 Å². The van der Waals surface area contributed by atoms with Gasteiger partial charge in [-0.1, -0.05) is 49.4 Å². The van der Waals surface area contributed by atoms with E-state index in [0.29, 0.717) is 0 Å². The van der Waals surface area contributed by atoms with E-state index in [1.54, 1.807) is 0 Å². The molecular formula is C18H27ClN2. The monoisotopic (exact) mass is 306 g/mol. The maximum atomic E-state index is 6.61. The van der Waals surface area contributed by atoms with Crippen LogP contribution in [0.4, 0.5) is 0 Å². The highest BCUT2D eigenvalue weighted by molar-refractivity contribution is 6.31. The quantitative estimate of drug-likeness (QED) is 0.894. The molecule has 116 valence electrons. The van der Waals surface area contributed by atoms with Crippen molar-refractivity contribution in [1.29, 1.82) is 0 Å². The van der Waals surface area contributed by atoms with E-state index in [1.165, 1.54) is 62.7 Å². The predicted molar refractivity (Wildman–Crippen MR) is 89.5 cm³/mol. The number of hydrogen-bond donors (Lipinski definition) is 1. The summed E-state index contributed by atoms with van der Waals surface area (Å²) in [7, 11) is 0. The lowest BCUT2D eigenvalue weighted by Crippen LogP contribution is -2.38. The number of likely N-dealkylation sites (tertiary alicyclic amines) is 1. The second-order valence-corrected chi connectivity index (χ2v) is 7.27. The Morgan fingerprint density at radius 3 is 2.33 bits per heavy atom. The average Bonchev–Trinajstić information content (AvgIpc) is 2.51.